The number of rotatable bonds is 4. The molecule has 0 amide bonds. The predicted octanol–water partition coefficient (Wildman–Crippen LogP) is 3.46. The van der Waals surface area contributed by atoms with Crippen molar-refractivity contribution in [2.24, 2.45) is 0 Å². The summed E-state index contributed by atoms with van der Waals surface area (Å²) in [7, 11) is 0. The van der Waals surface area contributed by atoms with Gasteiger partial charge >= 0.3 is 0 Å². The third-order valence-corrected chi connectivity index (χ3v) is 5.18. The molecule has 0 N–H and O–H groups in total. The fourth-order valence-electron chi connectivity index (χ4n) is 2.16. The van der Waals surface area contributed by atoms with Crippen LogP contribution in [0.4, 0.5) is 10.2 Å². The SMILES string of the molecule is Fc1cccc(CSc2cc(N3CCSCC3)ncn2)c1. The summed E-state index contributed by atoms with van der Waals surface area (Å²) in [6, 6.07) is 8.73. The number of benzene rings is 1. The van der Waals surface area contributed by atoms with Gasteiger partial charge in [-0.15, -0.1) is 11.8 Å². The minimum atomic E-state index is -0.192. The predicted molar refractivity (Wildman–Crippen MR) is 87.5 cm³/mol. The lowest BCUT2D eigenvalue weighted by Crippen LogP contribution is -2.33. The summed E-state index contributed by atoms with van der Waals surface area (Å²) in [5.74, 6) is 3.81. The molecule has 3 nitrogen and oxygen atoms in total. The molecule has 1 aliphatic rings. The molecule has 21 heavy (non-hydrogen) atoms. The number of nitrogens with zero attached hydrogens (tertiary/aromatic N) is 3. The van der Waals surface area contributed by atoms with Crippen molar-refractivity contribution in [2.75, 3.05) is 29.5 Å². The van der Waals surface area contributed by atoms with Crippen molar-refractivity contribution in [3.8, 4) is 0 Å². The van der Waals surface area contributed by atoms with Crippen LogP contribution in [0.25, 0.3) is 0 Å². The zero-order valence-electron chi connectivity index (χ0n) is 11.5. The molecule has 1 aliphatic heterocycles. The van der Waals surface area contributed by atoms with Crippen LogP contribution in [-0.2, 0) is 5.75 Å². The van der Waals surface area contributed by atoms with E-state index in [0.717, 1.165) is 41.0 Å². The van der Waals surface area contributed by atoms with Gasteiger partial charge in [-0.2, -0.15) is 11.8 Å². The number of hydrogen-bond donors (Lipinski definition) is 0. The Balaban J connectivity index is 1.65. The Hall–Kier alpha value is -1.27. The highest BCUT2D eigenvalue weighted by molar-refractivity contribution is 7.99. The van der Waals surface area contributed by atoms with Crippen molar-refractivity contribution in [1.82, 2.24) is 9.97 Å². The quantitative estimate of drug-likeness (QED) is 0.635. The van der Waals surface area contributed by atoms with Crippen LogP contribution < -0.4 is 4.90 Å². The molecule has 2 heterocycles. The monoisotopic (exact) mass is 321 g/mol. The van der Waals surface area contributed by atoms with E-state index in [0.29, 0.717) is 5.75 Å². The summed E-state index contributed by atoms with van der Waals surface area (Å²) in [6.07, 6.45) is 1.62. The molecule has 1 aromatic carbocycles. The highest BCUT2D eigenvalue weighted by Crippen LogP contribution is 2.24. The Kier molecular flexibility index (Phi) is 4.98. The molecular formula is C15H16FN3S2. The van der Waals surface area contributed by atoms with Crippen LogP contribution in [0.1, 0.15) is 5.56 Å². The minimum Gasteiger partial charge on any atom is -0.355 e. The van der Waals surface area contributed by atoms with Crippen LogP contribution in [0.5, 0.6) is 0 Å². The molecule has 0 aliphatic carbocycles. The van der Waals surface area contributed by atoms with Gasteiger partial charge in [0.05, 0.1) is 0 Å². The maximum absolute atomic E-state index is 13.2. The van der Waals surface area contributed by atoms with Gasteiger partial charge in [-0.3, -0.25) is 0 Å². The maximum atomic E-state index is 13.2. The molecule has 110 valence electrons. The average molecular weight is 321 g/mol. The topological polar surface area (TPSA) is 29.0 Å². The van der Waals surface area contributed by atoms with Crippen molar-refractivity contribution in [3.05, 3.63) is 48.0 Å². The number of halogens is 1. The molecule has 0 saturated carbocycles. The lowest BCUT2D eigenvalue weighted by atomic mass is 10.2. The van der Waals surface area contributed by atoms with E-state index in [4.69, 9.17) is 0 Å². The van der Waals surface area contributed by atoms with E-state index in [-0.39, 0.29) is 5.82 Å². The van der Waals surface area contributed by atoms with E-state index in [1.54, 1.807) is 30.2 Å². The fourth-order valence-corrected chi connectivity index (χ4v) is 3.87. The van der Waals surface area contributed by atoms with Crippen LogP contribution in [0, 0.1) is 5.82 Å². The van der Waals surface area contributed by atoms with Crippen LogP contribution in [0.15, 0.2) is 41.7 Å². The van der Waals surface area contributed by atoms with Gasteiger partial charge in [0.15, 0.2) is 0 Å². The largest absolute Gasteiger partial charge is 0.355 e. The first-order valence-electron chi connectivity index (χ1n) is 6.83. The van der Waals surface area contributed by atoms with E-state index in [1.165, 1.54) is 6.07 Å². The van der Waals surface area contributed by atoms with Crippen LogP contribution >= 0.6 is 23.5 Å². The van der Waals surface area contributed by atoms with Gasteiger partial charge in [0.25, 0.3) is 0 Å². The molecular weight excluding hydrogens is 305 g/mol. The Morgan fingerprint density at radius 3 is 2.86 bits per heavy atom. The van der Waals surface area contributed by atoms with Gasteiger partial charge in [-0.05, 0) is 17.7 Å². The normalized spacial score (nSPS) is 15.2. The fraction of sp³-hybridized carbons (Fsp3) is 0.333. The summed E-state index contributed by atoms with van der Waals surface area (Å²) in [4.78, 5) is 11.0. The van der Waals surface area contributed by atoms with E-state index >= 15 is 0 Å². The average Bonchev–Trinajstić information content (AvgIpc) is 2.54. The smallest absolute Gasteiger partial charge is 0.133 e. The van der Waals surface area contributed by atoms with Crippen molar-refractivity contribution in [3.63, 3.8) is 0 Å². The van der Waals surface area contributed by atoms with Gasteiger partial charge in [-0.1, -0.05) is 12.1 Å². The minimum absolute atomic E-state index is 0.192. The van der Waals surface area contributed by atoms with Gasteiger partial charge in [0, 0.05) is 36.4 Å². The number of hydrogen-bond acceptors (Lipinski definition) is 5. The second kappa shape index (κ2) is 7.13. The van der Waals surface area contributed by atoms with E-state index in [1.807, 2.05) is 23.9 Å². The van der Waals surface area contributed by atoms with E-state index in [2.05, 4.69) is 14.9 Å². The number of aromatic nitrogens is 2. The van der Waals surface area contributed by atoms with E-state index in [9.17, 15) is 4.39 Å². The van der Waals surface area contributed by atoms with Crippen molar-refractivity contribution < 1.29 is 4.39 Å². The third-order valence-electron chi connectivity index (χ3n) is 3.24. The summed E-state index contributed by atoms with van der Waals surface area (Å²) in [6.45, 7) is 2.07. The first kappa shape index (κ1) is 14.7. The van der Waals surface area contributed by atoms with Crippen LogP contribution in [0.2, 0.25) is 0 Å². The van der Waals surface area contributed by atoms with Crippen molar-refractivity contribution >= 4 is 29.3 Å². The molecule has 1 aromatic heterocycles. The summed E-state index contributed by atoms with van der Waals surface area (Å²) >= 11 is 3.59. The molecule has 1 saturated heterocycles. The van der Waals surface area contributed by atoms with Crippen LogP contribution in [-0.4, -0.2) is 34.6 Å². The highest BCUT2D eigenvalue weighted by Gasteiger charge is 2.13. The van der Waals surface area contributed by atoms with Crippen molar-refractivity contribution in [1.29, 1.82) is 0 Å². The van der Waals surface area contributed by atoms with Gasteiger partial charge < -0.3 is 4.90 Å². The summed E-state index contributed by atoms with van der Waals surface area (Å²) in [5.41, 5.74) is 0.967. The lowest BCUT2D eigenvalue weighted by molar-refractivity contribution is 0.626. The molecule has 0 unspecified atom stereocenters. The third kappa shape index (κ3) is 4.11. The first-order valence-corrected chi connectivity index (χ1v) is 8.97. The van der Waals surface area contributed by atoms with Gasteiger partial charge in [0.2, 0.25) is 0 Å². The molecule has 2 aromatic rings. The Morgan fingerprint density at radius 2 is 2.05 bits per heavy atom. The number of anilines is 1. The Labute approximate surface area is 132 Å². The molecule has 0 bridgehead atoms. The van der Waals surface area contributed by atoms with E-state index < -0.39 is 0 Å². The molecule has 6 heteroatoms. The summed E-state index contributed by atoms with van der Waals surface area (Å²) in [5, 5.41) is 0.933. The first-order chi connectivity index (χ1) is 10.3. The second-order valence-corrected chi connectivity index (χ2v) is 6.95. The van der Waals surface area contributed by atoms with Gasteiger partial charge in [0.1, 0.15) is 23.0 Å². The molecule has 0 atom stereocenters. The lowest BCUT2D eigenvalue weighted by Gasteiger charge is -2.27. The zero-order valence-corrected chi connectivity index (χ0v) is 13.2. The Morgan fingerprint density at radius 1 is 1.19 bits per heavy atom. The van der Waals surface area contributed by atoms with Gasteiger partial charge in [-0.25, -0.2) is 14.4 Å². The second-order valence-electron chi connectivity index (χ2n) is 4.73. The number of thioether (sulfide) groups is 2. The zero-order chi connectivity index (χ0) is 14.5. The van der Waals surface area contributed by atoms with Crippen LogP contribution in [0.3, 0.4) is 0 Å². The molecule has 3 rings (SSSR count). The summed E-state index contributed by atoms with van der Waals surface area (Å²) < 4.78 is 13.2. The molecule has 0 spiro atoms. The molecule has 0 radical (unpaired) electrons. The standard InChI is InChI=1S/C15H16FN3S2/c16-13-3-1-2-12(8-13)10-21-15-9-14(17-11-18-15)19-4-6-20-7-5-19/h1-3,8-9,11H,4-7,10H2. The maximum Gasteiger partial charge on any atom is 0.133 e. The van der Waals surface area contributed by atoms with Crippen molar-refractivity contribution in [2.45, 2.75) is 10.8 Å². The highest BCUT2D eigenvalue weighted by atomic mass is 32.2. The Bertz CT molecular complexity index is 603. The molecule has 1 fully saturated rings.